The maximum Gasteiger partial charge on any atom is 0.0546 e. The molecule has 0 N–H and O–H groups in total. The molecule has 0 bridgehead atoms. The van der Waals surface area contributed by atoms with Gasteiger partial charge in [0.1, 0.15) is 0 Å². The number of para-hydroxylation sites is 1. The van der Waals surface area contributed by atoms with E-state index in [-0.39, 0.29) is 0 Å². The van der Waals surface area contributed by atoms with Crippen LogP contribution in [0.4, 0.5) is 0 Å². The number of rotatable bonds is 1. The van der Waals surface area contributed by atoms with Crippen molar-refractivity contribution in [3.8, 4) is 11.1 Å². The Kier molecular flexibility index (Phi) is 2.64. The lowest BCUT2D eigenvalue weighted by molar-refractivity contribution is 1.27. The molecule has 0 amide bonds. The maximum atomic E-state index is 3.81. The van der Waals surface area contributed by atoms with Gasteiger partial charge in [-0.25, -0.2) is 0 Å². The fourth-order valence-corrected chi connectivity index (χ4v) is 3.56. The number of aromatic nitrogens is 1. The zero-order chi connectivity index (χ0) is 13.5. The van der Waals surface area contributed by atoms with Gasteiger partial charge in [-0.2, -0.15) is 0 Å². The number of nitrogens with zero attached hydrogens (tertiary/aromatic N) is 1. The van der Waals surface area contributed by atoms with E-state index in [1.807, 2.05) is 6.07 Å². The van der Waals surface area contributed by atoms with Crippen LogP contribution in [0.2, 0.25) is 0 Å². The summed E-state index contributed by atoms with van der Waals surface area (Å²) in [6, 6.07) is 23.3. The van der Waals surface area contributed by atoms with Crippen LogP contribution >= 0.6 is 15.9 Å². The Morgan fingerprint density at radius 3 is 2.25 bits per heavy atom. The van der Waals surface area contributed by atoms with Crippen LogP contribution in [0.1, 0.15) is 0 Å². The van der Waals surface area contributed by atoms with E-state index in [1.165, 1.54) is 27.5 Å². The predicted molar refractivity (Wildman–Crippen MR) is 88.0 cm³/mol. The summed E-state index contributed by atoms with van der Waals surface area (Å²) in [6.45, 7) is 0. The van der Waals surface area contributed by atoms with E-state index in [1.54, 1.807) is 0 Å². The van der Waals surface area contributed by atoms with Crippen molar-refractivity contribution < 1.29 is 0 Å². The van der Waals surface area contributed by atoms with Gasteiger partial charge in [-0.3, -0.25) is 0 Å². The zero-order valence-electron chi connectivity index (χ0n) is 10.8. The van der Waals surface area contributed by atoms with Crippen molar-refractivity contribution in [2.45, 2.75) is 0 Å². The van der Waals surface area contributed by atoms with Crippen LogP contribution in [-0.2, 0) is 0 Å². The molecule has 2 aromatic heterocycles. The van der Waals surface area contributed by atoms with E-state index in [9.17, 15) is 0 Å². The van der Waals surface area contributed by atoms with Crippen LogP contribution < -0.4 is 0 Å². The van der Waals surface area contributed by atoms with E-state index in [4.69, 9.17) is 0 Å². The zero-order valence-corrected chi connectivity index (χ0v) is 12.3. The van der Waals surface area contributed by atoms with Crippen molar-refractivity contribution in [2.24, 2.45) is 0 Å². The average Bonchev–Trinajstić information content (AvgIpc) is 2.98. The lowest BCUT2D eigenvalue weighted by Crippen LogP contribution is -1.92. The Hall–Kier alpha value is -2.06. The lowest BCUT2D eigenvalue weighted by atomic mass is 10.0. The van der Waals surface area contributed by atoms with Gasteiger partial charge in [0.2, 0.25) is 0 Å². The number of fused-ring (bicyclic) bond motifs is 3. The lowest BCUT2D eigenvalue weighted by Gasteiger charge is -2.13. The highest BCUT2D eigenvalue weighted by Gasteiger charge is 2.13. The fourth-order valence-electron chi connectivity index (χ4n) is 2.79. The monoisotopic (exact) mass is 321 g/mol. The first kappa shape index (κ1) is 11.7. The Morgan fingerprint density at radius 2 is 1.40 bits per heavy atom. The second-order valence-corrected chi connectivity index (χ2v) is 5.63. The van der Waals surface area contributed by atoms with Crippen molar-refractivity contribution in [3.63, 3.8) is 0 Å². The molecule has 1 nitrogen and oxygen atoms in total. The average molecular weight is 322 g/mol. The molecule has 20 heavy (non-hydrogen) atoms. The summed E-state index contributed by atoms with van der Waals surface area (Å²) in [6.07, 6.45) is 2.12. The van der Waals surface area contributed by atoms with Gasteiger partial charge in [-0.1, -0.05) is 48.5 Å². The van der Waals surface area contributed by atoms with Crippen LogP contribution in [0, 0.1) is 0 Å². The smallest absolute Gasteiger partial charge is 0.0546 e. The normalized spacial score (nSPS) is 11.2. The van der Waals surface area contributed by atoms with E-state index in [0.29, 0.717) is 0 Å². The molecule has 2 heterocycles. The second-order valence-electron chi connectivity index (χ2n) is 4.84. The minimum absolute atomic E-state index is 1.16. The highest BCUT2D eigenvalue weighted by Crippen LogP contribution is 2.38. The second kappa shape index (κ2) is 4.50. The molecule has 0 saturated carbocycles. The number of hydrogen-bond donors (Lipinski definition) is 0. The van der Waals surface area contributed by atoms with E-state index < -0.39 is 0 Å². The van der Waals surface area contributed by atoms with Gasteiger partial charge in [-0.05, 0) is 39.7 Å². The highest BCUT2D eigenvalue weighted by molar-refractivity contribution is 9.10. The molecule has 2 aromatic carbocycles. The molecule has 0 atom stereocenters. The fraction of sp³-hybridized carbons (Fsp3) is 0. The summed E-state index contributed by atoms with van der Waals surface area (Å²) >= 11 is 3.81. The summed E-state index contributed by atoms with van der Waals surface area (Å²) in [5.41, 5.74) is 4.92. The molecule has 0 saturated heterocycles. The van der Waals surface area contributed by atoms with E-state index in [0.717, 1.165) is 4.47 Å². The van der Waals surface area contributed by atoms with Gasteiger partial charge in [0.05, 0.1) is 11.0 Å². The standard InChI is InChI=1S/C18H12BrN/c19-18-14-9-4-5-10-15(14)20-12-6-11-16(20)17(18)13-7-2-1-3-8-13/h1-12H. The third-order valence-corrected chi connectivity index (χ3v) is 4.51. The molecule has 0 spiro atoms. The summed E-state index contributed by atoms with van der Waals surface area (Å²) in [4.78, 5) is 0. The van der Waals surface area contributed by atoms with Crippen LogP contribution in [0.25, 0.3) is 27.5 Å². The topological polar surface area (TPSA) is 4.41 Å². The summed E-state index contributed by atoms with van der Waals surface area (Å²) < 4.78 is 3.41. The van der Waals surface area contributed by atoms with Crippen LogP contribution in [0.3, 0.4) is 0 Å². The Morgan fingerprint density at radius 1 is 0.700 bits per heavy atom. The first-order valence-electron chi connectivity index (χ1n) is 6.59. The quantitative estimate of drug-likeness (QED) is 0.434. The first-order chi connectivity index (χ1) is 9.86. The summed E-state index contributed by atoms with van der Waals surface area (Å²) in [5, 5.41) is 1.23. The molecule has 96 valence electrons. The molecule has 0 aliphatic rings. The number of halogens is 1. The molecular formula is C18H12BrN. The Labute approximate surface area is 125 Å². The third kappa shape index (κ3) is 1.61. The van der Waals surface area contributed by atoms with Crippen molar-refractivity contribution >= 4 is 32.3 Å². The predicted octanol–water partition coefficient (Wildman–Crippen LogP) is 5.52. The maximum absolute atomic E-state index is 3.81. The van der Waals surface area contributed by atoms with Gasteiger partial charge >= 0.3 is 0 Å². The molecule has 0 fully saturated rings. The largest absolute Gasteiger partial charge is 0.316 e. The van der Waals surface area contributed by atoms with Crippen molar-refractivity contribution in [1.82, 2.24) is 4.40 Å². The van der Waals surface area contributed by atoms with Gasteiger partial charge < -0.3 is 4.40 Å². The molecule has 2 heteroatoms. The van der Waals surface area contributed by atoms with Gasteiger partial charge in [0.15, 0.2) is 0 Å². The highest BCUT2D eigenvalue weighted by atomic mass is 79.9. The van der Waals surface area contributed by atoms with E-state index in [2.05, 4.69) is 87.2 Å². The van der Waals surface area contributed by atoms with E-state index >= 15 is 0 Å². The van der Waals surface area contributed by atoms with Crippen molar-refractivity contribution in [3.05, 3.63) is 77.4 Å². The molecule has 4 aromatic rings. The molecule has 0 aliphatic carbocycles. The van der Waals surface area contributed by atoms with Gasteiger partial charge in [0, 0.05) is 21.6 Å². The third-order valence-electron chi connectivity index (χ3n) is 3.69. The Balaban J connectivity index is 2.24. The number of hydrogen-bond acceptors (Lipinski definition) is 0. The van der Waals surface area contributed by atoms with Crippen LogP contribution in [-0.4, -0.2) is 4.40 Å². The number of pyridine rings is 1. The Bertz CT molecular complexity index is 907. The van der Waals surface area contributed by atoms with Crippen LogP contribution in [0.5, 0.6) is 0 Å². The van der Waals surface area contributed by atoms with Gasteiger partial charge in [0.25, 0.3) is 0 Å². The first-order valence-corrected chi connectivity index (χ1v) is 7.38. The van der Waals surface area contributed by atoms with Crippen molar-refractivity contribution in [2.75, 3.05) is 0 Å². The SMILES string of the molecule is Brc1c(-c2ccccc2)c2cccn2c2ccccc12. The van der Waals surface area contributed by atoms with Crippen LogP contribution in [0.15, 0.2) is 77.4 Å². The molecule has 0 aliphatic heterocycles. The van der Waals surface area contributed by atoms with Crippen molar-refractivity contribution in [1.29, 1.82) is 0 Å². The summed E-state index contributed by atoms with van der Waals surface area (Å²) in [7, 11) is 0. The molecule has 0 unspecified atom stereocenters. The molecule has 0 radical (unpaired) electrons. The molecule has 4 rings (SSSR count). The summed E-state index contributed by atoms with van der Waals surface area (Å²) in [5.74, 6) is 0. The molecular weight excluding hydrogens is 310 g/mol. The minimum atomic E-state index is 1.16. The minimum Gasteiger partial charge on any atom is -0.316 e. The van der Waals surface area contributed by atoms with Gasteiger partial charge in [-0.15, -0.1) is 0 Å². The number of benzene rings is 2.